The molecular weight excluding hydrogens is 432 g/mol. The van der Waals surface area contributed by atoms with Crippen LogP contribution in [0.3, 0.4) is 0 Å². The number of rotatable bonds is 9. The van der Waals surface area contributed by atoms with Crippen LogP contribution in [0.1, 0.15) is 63.0 Å². The van der Waals surface area contributed by atoms with Crippen LogP contribution in [0, 0.1) is 5.41 Å². The van der Waals surface area contributed by atoms with Crippen molar-refractivity contribution in [3.63, 3.8) is 0 Å². The minimum Gasteiger partial charge on any atom is -0.480 e. The molecule has 0 spiro atoms. The standard InChI is InChI=1S/C27H32N2O5/c1-3-26(2,24(31)32)29-23(30)15-27(13-8-14-27)17-28-25(33)34-16-22-20-11-6-4-9-18(20)19-10-5-7-12-21(19)22/h4-7,9-12,22H,3,8,13-17H2,1-2H3,(H,28,33)(H,29,30)(H,31,32). The zero-order valence-electron chi connectivity index (χ0n) is 19.7. The second-order valence-electron chi connectivity index (χ2n) is 9.75. The molecule has 0 heterocycles. The molecule has 2 aliphatic carbocycles. The molecule has 1 atom stereocenters. The fourth-order valence-electron chi connectivity index (χ4n) is 4.99. The van der Waals surface area contributed by atoms with Gasteiger partial charge in [-0.2, -0.15) is 0 Å². The monoisotopic (exact) mass is 464 g/mol. The van der Waals surface area contributed by atoms with Crippen molar-refractivity contribution in [3.8, 4) is 11.1 Å². The van der Waals surface area contributed by atoms with Crippen LogP contribution >= 0.6 is 0 Å². The van der Waals surface area contributed by atoms with Gasteiger partial charge in [-0.1, -0.05) is 61.9 Å². The lowest BCUT2D eigenvalue weighted by atomic mass is 9.66. The third-order valence-corrected chi connectivity index (χ3v) is 7.50. The number of benzene rings is 2. The Morgan fingerprint density at radius 1 is 1.06 bits per heavy atom. The van der Waals surface area contributed by atoms with Gasteiger partial charge in [0, 0.05) is 18.9 Å². The van der Waals surface area contributed by atoms with Crippen LogP contribution in [0.2, 0.25) is 0 Å². The van der Waals surface area contributed by atoms with Crippen LogP contribution < -0.4 is 10.6 Å². The molecule has 2 amide bonds. The van der Waals surface area contributed by atoms with Crippen molar-refractivity contribution in [3.05, 3.63) is 59.7 Å². The number of aliphatic carboxylic acids is 1. The summed E-state index contributed by atoms with van der Waals surface area (Å²) in [5, 5.41) is 14.9. The minimum atomic E-state index is -1.29. The van der Waals surface area contributed by atoms with E-state index in [1.165, 1.54) is 18.1 Å². The first-order valence-corrected chi connectivity index (χ1v) is 11.9. The predicted molar refractivity (Wildman–Crippen MR) is 128 cm³/mol. The Morgan fingerprint density at radius 3 is 2.15 bits per heavy atom. The van der Waals surface area contributed by atoms with Gasteiger partial charge in [0.1, 0.15) is 12.1 Å². The number of hydrogen-bond acceptors (Lipinski definition) is 4. The fourth-order valence-corrected chi connectivity index (χ4v) is 4.99. The summed E-state index contributed by atoms with van der Waals surface area (Å²) in [6, 6.07) is 16.3. The Bertz CT molecular complexity index is 1050. The van der Waals surface area contributed by atoms with Crippen LogP contribution in [-0.2, 0) is 14.3 Å². The summed E-state index contributed by atoms with van der Waals surface area (Å²) in [5.41, 5.74) is 3.01. The summed E-state index contributed by atoms with van der Waals surface area (Å²) >= 11 is 0. The predicted octanol–water partition coefficient (Wildman–Crippen LogP) is 4.46. The largest absolute Gasteiger partial charge is 0.480 e. The summed E-state index contributed by atoms with van der Waals surface area (Å²) in [4.78, 5) is 36.6. The zero-order valence-corrected chi connectivity index (χ0v) is 19.7. The molecule has 2 aromatic rings. The van der Waals surface area contributed by atoms with E-state index in [0.29, 0.717) is 13.0 Å². The molecule has 0 saturated heterocycles. The Morgan fingerprint density at radius 2 is 1.65 bits per heavy atom. The van der Waals surface area contributed by atoms with Crippen molar-refractivity contribution in [1.82, 2.24) is 10.6 Å². The molecule has 1 saturated carbocycles. The van der Waals surface area contributed by atoms with E-state index in [1.54, 1.807) is 6.92 Å². The van der Waals surface area contributed by atoms with Crippen molar-refractivity contribution < 1.29 is 24.2 Å². The molecule has 0 aromatic heterocycles. The normalized spacial score (nSPS) is 17.5. The zero-order chi connectivity index (χ0) is 24.3. The molecule has 2 aliphatic rings. The smallest absolute Gasteiger partial charge is 0.407 e. The third kappa shape index (κ3) is 4.65. The van der Waals surface area contributed by atoms with E-state index in [9.17, 15) is 19.5 Å². The number of alkyl carbamates (subject to hydrolysis) is 1. The topological polar surface area (TPSA) is 105 Å². The van der Waals surface area contributed by atoms with Gasteiger partial charge in [0.25, 0.3) is 0 Å². The SMILES string of the molecule is CCC(C)(NC(=O)CC1(CNC(=O)OCC2c3ccccc3-c3ccccc32)CCC1)C(=O)O. The molecule has 1 unspecified atom stereocenters. The van der Waals surface area contributed by atoms with Gasteiger partial charge in [0.2, 0.25) is 5.91 Å². The second-order valence-corrected chi connectivity index (χ2v) is 9.75. The van der Waals surface area contributed by atoms with Crippen LogP contribution in [0.5, 0.6) is 0 Å². The van der Waals surface area contributed by atoms with E-state index in [1.807, 2.05) is 24.3 Å². The molecule has 7 nitrogen and oxygen atoms in total. The molecule has 2 aromatic carbocycles. The summed E-state index contributed by atoms with van der Waals surface area (Å²) in [6.07, 6.45) is 2.56. The first-order chi connectivity index (χ1) is 16.3. The molecule has 34 heavy (non-hydrogen) atoms. The highest BCUT2D eigenvalue weighted by molar-refractivity contribution is 5.87. The Kier molecular flexibility index (Phi) is 6.64. The number of carbonyl (C=O) groups excluding carboxylic acids is 2. The quantitative estimate of drug-likeness (QED) is 0.508. The first kappa shape index (κ1) is 23.8. The summed E-state index contributed by atoms with van der Waals surface area (Å²) < 4.78 is 5.61. The van der Waals surface area contributed by atoms with Gasteiger partial charge in [-0.15, -0.1) is 0 Å². The number of carbonyl (C=O) groups is 3. The van der Waals surface area contributed by atoms with Gasteiger partial charge < -0.3 is 20.5 Å². The molecular formula is C27H32N2O5. The van der Waals surface area contributed by atoms with E-state index in [2.05, 4.69) is 34.9 Å². The molecule has 3 N–H and O–H groups in total. The average molecular weight is 465 g/mol. The van der Waals surface area contributed by atoms with E-state index in [0.717, 1.165) is 30.4 Å². The van der Waals surface area contributed by atoms with Crippen molar-refractivity contribution in [1.29, 1.82) is 0 Å². The van der Waals surface area contributed by atoms with E-state index in [-0.39, 0.29) is 30.3 Å². The van der Waals surface area contributed by atoms with Crippen LogP contribution in [0.15, 0.2) is 48.5 Å². The molecule has 1 fully saturated rings. The van der Waals surface area contributed by atoms with Gasteiger partial charge in [-0.25, -0.2) is 9.59 Å². The number of hydrogen-bond donors (Lipinski definition) is 3. The maximum atomic E-state index is 12.6. The van der Waals surface area contributed by atoms with E-state index < -0.39 is 17.6 Å². The Labute approximate surface area is 199 Å². The number of fused-ring (bicyclic) bond motifs is 3. The van der Waals surface area contributed by atoms with Crippen molar-refractivity contribution in [2.75, 3.05) is 13.2 Å². The van der Waals surface area contributed by atoms with Gasteiger partial charge in [0.15, 0.2) is 0 Å². The Balaban J connectivity index is 1.32. The van der Waals surface area contributed by atoms with Gasteiger partial charge in [0.05, 0.1) is 0 Å². The number of carboxylic acid groups (broad SMARTS) is 1. The Hall–Kier alpha value is -3.35. The minimum absolute atomic E-state index is 0.00988. The first-order valence-electron chi connectivity index (χ1n) is 11.9. The van der Waals surface area contributed by atoms with Gasteiger partial charge in [-0.05, 0) is 53.9 Å². The lowest BCUT2D eigenvalue weighted by Gasteiger charge is -2.42. The fraction of sp³-hybridized carbons (Fsp3) is 0.444. The lowest BCUT2D eigenvalue weighted by Crippen LogP contribution is -2.54. The van der Waals surface area contributed by atoms with Crippen molar-refractivity contribution >= 4 is 18.0 Å². The van der Waals surface area contributed by atoms with Crippen molar-refractivity contribution in [2.45, 2.75) is 57.4 Å². The molecule has 180 valence electrons. The number of carboxylic acids is 1. The lowest BCUT2D eigenvalue weighted by molar-refractivity contribution is -0.147. The molecule has 7 heteroatoms. The number of amides is 2. The van der Waals surface area contributed by atoms with Gasteiger partial charge in [-0.3, -0.25) is 4.79 Å². The second kappa shape index (κ2) is 9.49. The summed E-state index contributed by atoms with van der Waals surface area (Å²) in [7, 11) is 0. The molecule has 4 rings (SSSR count). The third-order valence-electron chi connectivity index (χ3n) is 7.50. The van der Waals surface area contributed by atoms with E-state index in [4.69, 9.17) is 4.74 Å². The van der Waals surface area contributed by atoms with Crippen LogP contribution in [0.25, 0.3) is 11.1 Å². The summed E-state index contributed by atoms with van der Waals surface area (Å²) in [5.74, 6) is -1.37. The average Bonchev–Trinajstić information content (AvgIpc) is 3.12. The van der Waals surface area contributed by atoms with E-state index >= 15 is 0 Å². The number of ether oxygens (including phenoxy) is 1. The highest BCUT2D eigenvalue weighted by atomic mass is 16.5. The number of nitrogens with one attached hydrogen (secondary N) is 2. The molecule has 0 radical (unpaired) electrons. The molecule has 0 bridgehead atoms. The maximum Gasteiger partial charge on any atom is 0.407 e. The van der Waals surface area contributed by atoms with Crippen molar-refractivity contribution in [2.24, 2.45) is 5.41 Å². The van der Waals surface area contributed by atoms with Crippen LogP contribution in [0.4, 0.5) is 4.79 Å². The highest BCUT2D eigenvalue weighted by Gasteiger charge is 2.41. The van der Waals surface area contributed by atoms with Crippen LogP contribution in [-0.4, -0.2) is 41.8 Å². The highest BCUT2D eigenvalue weighted by Crippen LogP contribution is 2.45. The molecule has 0 aliphatic heterocycles. The van der Waals surface area contributed by atoms with Gasteiger partial charge >= 0.3 is 12.1 Å². The maximum absolute atomic E-state index is 12.6. The summed E-state index contributed by atoms with van der Waals surface area (Å²) in [6.45, 7) is 3.80.